The summed E-state index contributed by atoms with van der Waals surface area (Å²) in [6.45, 7) is 5.03. The third-order valence-electron chi connectivity index (χ3n) is 3.09. The Morgan fingerprint density at radius 3 is 2.94 bits per heavy atom. The molecular weight excluding hydrogens is 212 g/mol. The number of carbonyl (C=O) groups excluding carboxylic acids is 1. The number of carbonyl (C=O) groups is 1. The number of hydrogen-bond acceptors (Lipinski definition) is 2. The van der Waals surface area contributed by atoms with Crippen LogP contribution < -0.4 is 10.2 Å². The van der Waals surface area contributed by atoms with Gasteiger partial charge >= 0.3 is 0 Å². The first-order valence-corrected chi connectivity index (χ1v) is 6.42. The van der Waals surface area contributed by atoms with Crippen LogP contribution in [0.1, 0.15) is 25.3 Å². The average molecular weight is 232 g/mol. The molecular formula is C14H20N2O. The van der Waals surface area contributed by atoms with Crippen molar-refractivity contribution >= 4 is 11.6 Å². The monoisotopic (exact) mass is 232 g/mol. The van der Waals surface area contributed by atoms with Crippen molar-refractivity contribution in [2.45, 2.75) is 26.2 Å². The molecule has 3 heteroatoms. The van der Waals surface area contributed by atoms with E-state index in [-0.39, 0.29) is 5.91 Å². The fourth-order valence-corrected chi connectivity index (χ4v) is 2.23. The maximum absolute atomic E-state index is 11.9. The van der Waals surface area contributed by atoms with Gasteiger partial charge < -0.3 is 10.2 Å². The Labute approximate surface area is 103 Å². The first-order valence-electron chi connectivity index (χ1n) is 6.42. The van der Waals surface area contributed by atoms with E-state index in [0.717, 1.165) is 38.2 Å². The highest BCUT2D eigenvalue weighted by Gasteiger charge is 2.25. The molecule has 3 nitrogen and oxygen atoms in total. The molecule has 0 aliphatic carbocycles. The molecule has 0 fully saturated rings. The first-order chi connectivity index (χ1) is 8.33. The molecule has 0 spiro atoms. The van der Waals surface area contributed by atoms with Crippen LogP contribution in [0.25, 0.3) is 0 Å². The van der Waals surface area contributed by atoms with Crippen LogP contribution in [0.3, 0.4) is 0 Å². The summed E-state index contributed by atoms with van der Waals surface area (Å²) in [5, 5.41) is 3.36. The van der Waals surface area contributed by atoms with Gasteiger partial charge in [0.25, 0.3) is 0 Å². The van der Waals surface area contributed by atoms with Gasteiger partial charge in [-0.1, -0.05) is 25.1 Å². The molecule has 1 heterocycles. The fraction of sp³-hybridized carbons (Fsp3) is 0.500. The summed E-state index contributed by atoms with van der Waals surface area (Å²) in [4.78, 5) is 13.8. The number of fused-ring (bicyclic) bond motifs is 1. The van der Waals surface area contributed by atoms with Crippen molar-refractivity contribution in [2.75, 3.05) is 24.5 Å². The summed E-state index contributed by atoms with van der Waals surface area (Å²) < 4.78 is 0. The maximum atomic E-state index is 11.9. The van der Waals surface area contributed by atoms with Crippen molar-refractivity contribution in [2.24, 2.45) is 0 Å². The second kappa shape index (κ2) is 5.82. The van der Waals surface area contributed by atoms with E-state index in [0.29, 0.717) is 6.42 Å². The van der Waals surface area contributed by atoms with Crippen LogP contribution in [-0.4, -0.2) is 25.5 Å². The van der Waals surface area contributed by atoms with Crippen LogP contribution in [0.15, 0.2) is 24.3 Å². The Kier molecular flexibility index (Phi) is 4.15. The number of rotatable bonds is 6. The molecule has 1 amide bonds. The minimum Gasteiger partial charge on any atom is -0.317 e. The zero-order chi connectivity index (χ0) is 12.1. The minimum absolute atomic E-state index is 0.238. The quantitative estimate of drug-likeness (QED) is 0.760. The van der Waals surface area contributed by atoms with Crippen LogP contribution in [-0.2, 0) is 11.2 Å². The summed E-state index contributed by atoms with van der Waals surface area (Å²) in [5.41, 5.74) is 2.27. The highest BCUT2D eigenvalue weighted by molar-refractivity contribution is 6.01. The van der Waals surface area contributed by atoms with E-state index in [9.17, 15) is 4.79 Å². The summed E-state index contributed by atoms with van der Waals surface area (Å²) in [6, 6.07) is 8.08. The van der Waals surface area contributed by atoms with E-state index < -0.39 is 0 Å². The number of anilines is 1. The van der Waals surface area contributed by atoms with Crippen molar-refractivity contribution in [3.05, 3.63) is 29.8 Å². The topological polar surface area (TPSA) is 32.3 Å². The molecule has 1 aliphatic rings. The molecule has 1 N–H and O–H groups in total. The Hall–Kier alpha value is -1.35. The third-order valence-corrected chi connectivity index (χ3v) is 3.09. The predicted octanol–water partition coefficient (Wildman–Crippen LogP) is 1.97. The van der Waals surface area contributed by atoms with Gasteiger partial charge in [0, 0.05) is 12.2 Å². The lowest BCUT2D eigenvalue weighted by Crippen LogP contribution is -2.30. The molecule has 0 bridgehead atoms. The number of hydrogen-bond donors (Lipinski definition) is 1. The van der Waals surface area contributed by atoms with Crippen molar-refractivity contribution < 1.29 is 4.79 Å². The number of nitrogens with zero attached hydrogens (tertiary/aromatic N) is 1. The predicted molar refractivity (Wildman–Crippen MR) is 70.3 cm³/mol. The van der Waals surface area contributed by atoms with Gasteiger partial charge in [-0.3, -0.25) is 4.79 Å². The van der Waals surface area contributed by atoms with Gasteiger partial charge in [0.15, 0.2) is 0 Å². The SMILES string of the molecule is CCCNCCCN1C(=O)Cc2ccccc21. The average Bonchev–Trinajstić information content (AvgIpc) is 2.65. The number of para-hydroxylation sites is 1. The molecule has 0 radical (unpaired) electrons. The molecule has 0 saturated carbocycles. The van der Waals surface area contributed by atoms with Crippen LogP contribution in [0.4, 0.5) is 5.69 Å². The maximum Gasteiger partial charge on any atom is 0.231 e. The highest BCUT2D eigenvalue weighted by atomic mass is 16.2. The van der Waals surface area contributed by atoms with Crippen molar-refractivity contribution in [3.8, 4) is 0 Å². The highest BCUT2D eigenvalue weighted by Crippen LogP contribution is 2.28. The summed E-state index contributed by atoms with van der Waals surface area (Å²) >= 11 is 0. The van der Waals surface area contributed by atoms with Gasteiger partial charge in [0.1, 0.15) is 0 Å². The van der Waals surface area contributed by atoms with Gasteiger partial charge in [-0.2, -0.15) is 0 Å². The molecule has 1 aromatic carbocycles. The van der Waals surface area contributed by atoms with E-state index in [1.165, 1.54) is 5.56 Å². The molecule has 17 heavy (non-hydrogen) atoms. The molecule has 0 aromatic heterocycles. The van der Waals surface area contributed by atoms with Gasteiger partial charge in [-0.15, -0.1) is 0 Å². The summed E-state index contributed by atoms with van der Waals surface area (Å²) in [5.74, 6) is 0.238. The van der Waals surface area contributed by atoms with Crippen LogP contribution >= 0.6 is 0 Å². The molecule has 1 aliphatic heterocycles. The van der Waals surface area contributed by atoms with Gasteiger partial charge in [-0.05, 0) is 37.6 Å². The van der Waals surface area contributed by atoms with E-state index in [1.54, 1.807) is 0 Å². The Balaban J connectivity index is 1.87. The third kappa shape index (κ3) is 2.86. The fourth-order valence-electron chi connectivity index (χ4n) is 2.23. The Morgan fingerprint density at radius 1 is 1.29 bits per heavy atom. The van der Waals surface area contributed by atoms with Gasteiger partial charge in [0.2, 0.25) is 5.91 Å². The lowest BCUT2D eigenvalue weighted by atomic mass is 10.2. The normalized spacial score (nSPS) is 14.2. The van der Waals surface area contributed by atoms with Crippen LogP contribution in [0, 0.1) is 0 Å². The lowest BCUT2D eigenvalue weighted by Gasteiger charge is -2.17. The zero-order valence-corrected chi connectivity index (χ0v) is 10.4. The van der Waals surface area contributed by atoms with Gasteiger partial charge in [0.05, 0.1) is 6.42 Å². The minimum atomic E-state index is 0.238. The molecule has 1 aromatic rings. The number of benzene rings is 1. The van der Waals surface area contributed by atoms with Crippen LogP contribution in [0.2, 0.25) is 0 Å². The van der Waals surface area contributed by atoms with E-state index in [2.05, 4.69) is 12.2 Å². The Morgan fingerprint density at radius 2 is 2.12 bits per heavy atom. The van der Waals surface area contributed by atoms with E-state index >= 15 is 0 Å². The number of amides is 1. The molecule has 0 atom stereocenters. The van der Waals surface area contributed by atoms with Crippen molar-refractivity contribution in [3.63, 3.8) is 0 Å². The summed E-state index contributed by atoms with van der Waals surface area (Å²) in [7, 11) is 0. The molecule has 2 rings (SSSR count). The second-order valence-electron chi connectivity index (χ2n) is 4.45. The smallest absolute Gasteiger partial charge is 0.231 e. The zero-order valence-electron chi connectivity index (χ0n) is 10.4. The van der Waals surface area contributed by atoms with Gasteiger partial charge in [-0.25, -0.2) is 0 Å². The lowest BCUT2D eigenvalue weighted by molar-refractivity contribution is -0.117. The Bertz CT molecular complexity index is 390. The van der Waals surface area contributed by atoms with E-state index in [1.807, 2.05) is 29.2 Å². The molecule has 0 saturated heterocycles. The number of nitrogens with one attached hydrogen (secondary N) is 1. The van der Waals surface area contributed by atoms with Crippen LogP contribution in [0.5, 0.6) is 0 Å². The van der Waals surface area contributed by atoms with Crippen molar-refractivity contribution in [1.29, 1.82) is 0 Å². The molecule has 92 valence electrons. The molecule has 0 unspecified atom stereocenters. The standard InChI is InChI=1S/C14H20N2O/c1-2-8-15-9-5-10-16-13-7-4-3-6-12(13)11-14(16)17/h3-4,6-7,15H,2,5,8-11H2,1H3. The second-order valence-corrected chi connectivity index (χ2v) is 4.45. The first kappa shape index (κ1) is 12.1. The largest absolute Gasteiger partial charge is 0.317 e. The van der Waals surface area contributed by atoms with E-state index in [4.69, 9.17) is 0 Å². The van der Waals surface area contributed by atoms with Crippen molar-refractivity contribution in [1.82, 2.24) is 5.32 Å². The summed E-state index contributed by atoms with van der Waals surface area (Å²) in [6.07, 6.45) is 2.74.